The van der Waals surface area contributed by atoms with Crippen LogP contribution < -0.4 is 5.32 Å². The average Bonchev–Trinajstić information content (AvgIpc) is 2.89. The molecule has 1 unspecified atom stereocenters. The average molecular weight is 268 g/mol. The predicted molar refractivity (Wildman–Crippen MR) is 71.8 cm³/mol. The normalized spacial score (nSPS) is 22.1. The van der Waals surface area contributed by atoms with Gasteiger partial charge in [-0.05, 0) is 34.7 Å². The highest BCUT2D eigenvalue weighted by molar-refractivity contribution is 5.01. The van der Waals surface area contributed by atoms with Crippen molar-refractivity contribution in [1.82, 2.24) is 20.4 Å². The van der Waals surface area contributed by atoms with E-state index in [0.717, 1.165) is 13.1 Å². The second-order valence-corrected chi connectivity index (χ2v) is 5.78. The number of rotatable bonds is 4. The molecule has 1 aromatic heterocycles. The van der Waals surface area contributed by atoms with Gasteiger partial charge in [-0.3, -0.25) is 4.90 Å². The van der Waals surface area contributed by atoms with E-state index in [2.05, 4.69) is 34.2 Å². The minimum absolute atomic E-state index is 0.0960. The molecule has 2 heterocycles. The minimum Gasteiger partial charge on any atom is -0.367 e. The van der Waals surface area contributed by atoms with Gasteiger partial charge in [0.1, 0.15) is 6.10 Å². The molecule has 0 radical (unpaired) electrons. The Balaban J connectivity index is 2.10. The van der Waals surface area contributed by atoms with Gasteiger partial charge >= 0.3 is 0 Å². The molecular formula is C13H24N4O2. The summed E-state index contributed by atoms with van der Waals surface area (Å²) in [6, 6.07) is 0.506. The van der Waals surface area contributed by atoms with Crippen molar-refractivity contribution in [2.24, 2.45) is 0 Å². The van der Waals surface area contributed by atoms with Crippen molar-refractivity contribution in [1.29, 1.82) is 0 Å². The first-order chi connectivity index (χ1) is 8.94. The zero-order valence-corrected chi connectivity index (χ0v) is 12.4. The van der Waals surface area contributed by atoms with Gasteiger partial charge in [0.25, 0.3) is 0 Å². The molecule has 6 heteroatoms. The van der Waals surface area contributed by atoms with E-state index in [1.165, 1.54) is 0 Å². The van der Waals surface area contributed by atoms with Gasteiger partial charge in [-0.2, -0.15) is 4.98 Å². The van der Waals surface area contributed by atoms with E-state index in [1.807, 2.05) is 20.9 Å². The van der Waals surface area contributed by atoms with Crippen LogP contribution in [0, 0.1) is 0 Å². The lowest BCUT2D eigenvalue weighted by atomic mass is 10.1. The third-order valence-electron chi connectivity index (χ3n) is 3.72. The van der Waals surface area contributed by atoms with Crippen LogP contribution in [0.15, 0.2) is 4.52 Å². The van der Waals surface area contributed by atoms with Crippen molar-refractivity contribution < 1.29 is 9.26 Å². The highest BCUT2D eigenvalue weighted by atomic mass is 16.5. The van der Waals surface area contributed by atoms with E-state index >= 15 is 0 Å². The van der Waals surface area contributed by atoms with Crippen LogP contribution >= 0.6 is 0 Å². The predicted octanol–water partition coefficient (Wildman–Crippen LogP) is 1.31. The van der Waals surface area contributed by atoms with Crippen LogP contribution in [0.1, 0.15) is 45.5 Å². The maximum Gasteiger partial charge on any atom is 0.246 e. The lowest BCUT2D eigenvalue weighted by Crippen LogP contribution is -2.42. The van der Waals surface area contributed by atoms with Gasteiger partial charge in [0.15, 0.2) is 0 Å². The monoisotopic (exact) mass is 268 g/mol. The summed E-state index contributed by atoms with van der Waals surface area (Å²) in [5, 5.41) is 7.22. The van der Waals surface area contributed by atoms with Gasteiger partial charge in [-0.15, -0.1) is 0 Å². The van der Waals surface area contributed by atoms with Crippen LogP contribution in [-0.4, -0.2) is 47.8 Å². The Morgan fingerprint density at radius 3 is 2.79 bits per heavy atom. The highest BCUT2D eigenvalue weighted by Crippen LogP contribution is 2.24. The standard InChI is InChI=1S/C13H24N4O2/c1-9(2)17-6-7-18-10(8-17)11-15-12(19-16-11)13(3,4)14-5/h9-10,14H,6-8H2,1-5H3. The molecule has 1 N–H and O–H groups in total. The largest absolute Gasteiger partial charge is 0.367 e. The van der Waals surface area contributed by atoms with E-state index in [0.29, 0.717) is 24.4 Å². The SMILES string of the molecule is CNC(C)(C)c1nc(C2CN(C(C)C)CCO2)no1. The van der Waals surface area contributed by atoms with E-state index in [-0.39, 0.29) is 11.6 Å². The molecule has 6 nitrogen and oxygen atoms in total. The highest BCUT2D eigenvalue weighted by Gasteiger charge is 2.31. The molecule has 0 saturated carbocycles. The van der Waals surface area contributed by atoms with Crippen LogP contribution in [0.5, 0.6) is 0 Å². The lowest BCUT2D eigenvalue weighted by Gasteiger charge is -2.34. The number of aromatic nitrogens is 2. The van der Waals surface area contributed by atoms with Crippen molar-refractivity contribution in [2.45, 2.75) is 45.4 Å². The van der Waals surface area contributed by atoms with E-state index in [4.69, 9.17) is 9.26 Å². The van der Waals surface area contributed by atoms with Gasteiger partial charge in [-0.25, -0.2) is 0 Å². The van der Waals surface area contributed by atoms with E-state index < -0.39 is 0 Å². The fourth-order valence-corrected chi connectivity index (χ4v) is 2.02. The molecule has 0 spiro atoms. The van der Waals surface area contributed by atoms with Crippen LogP contribution in [-0.2, 0) is 10.3 Å². The van der Waals surface area contributed by atoms with Crippen LogP contribution in [0.25, 0.3) is 0 Å². The number of hydrogen-bond acceptors (Lipinski definition) is 6. The Morgan fingerprint density at radius 2 is 2.16 bits per heavy atom. The Morgan fingerprint density at radius 1 is 1.42 bits per heavy atom. The zero-order chi connectivity index (χ0) is 14.0. The van der Waals surface area contributed by atoms with Crippen LogP contribution in [0.2, 0.25) is 0 Å². The molecule has 0 aromatic carbocycles. The molecule has 19 heavy (non-hydrogen) atoms. The van der Waals surface area contributed by atoms with Gasteiger partial charge in [0, 0.05) is 19.1 Å². The van der Waals surface area contributed by atoms with Gasteiger partial charge in [0.2, 0.25) is 11.7 Å². The van der Waals surface area contributed by atoms with Gasteiger partial charge < -0.3 is 14.6 Å². The molecule has 0 bridgehead atoms. The lowest BCUT2D eigenvalue weighted by molar-refractivity contribution is -0.0450. The Hall–Kier alpha value is -0.980. The molecule has 2 rings (SSSR count). The molecule has 1 saturated heterocycles. The maximum absolute atomic E-state index is 5.76. The Bertz CT molecular complexity index is 417. The van der Waals surface area contributed by atoms with E-state index in [1.54, 1.807) is 0 Å². The number of hydrogen-bond donors (Lipinski definition) is 1. The van der Waals surface area contributed by atoms with Crippen LogP contribution in [0.4, 0.5) is 0 Å². The maximum atomic E-state index is 5.76. The molecule has 0 aliphatic carbocycles. The fraction of sp³-hybridized carbons (Fsp3) is 0.846. The Kier molecular flexibility index (Phi) is 4.23. The molecule has 1 aromatic rings. The molecule has 1 aliphatic rings. The summed E-state index contributed by atoms with van der Waals surface area (Å²) in [6.45, 7) is 10.9. The third kappa shape index (κ3) is 3.13. The summed E-state index contributed by atoms with van der Waals surface area (Å²) < 4.78 is 11.1. The Labute approximate surface area is 114 Å². The first-order valence-corrected chi connectivity index (χ1v) is 6.82. The van der Waals surface area contributed by atoms with Crippen molar-refractivity contribution in [3.63, 3.8) is 0 Å². The summed E-state index contributed by atoms with van der Waals surface area (Å²) in [5.74, 6) is 1.24. The summed E-state index contributed by atoms with van der Waals surface area (Å²) in [4.78, 5) is 6.85. The minimum atomic E-state index is -0.322. The number of morpholine rings is 1. The van der Waals surface area contributed by atoms with Crippen LogP contribution in [0.3, 0.4) is 0 Å². The zero-order valence-electron chi connectivity index (χ0n) is 12.4. The molecule has 0 amide bonds. The number of nitrogens with one attached hydrogen (secondary N) is 1. The smallest absolute Gasteiger partial charge is 0.246 e. The molecule has 108 valence electrons. The molecule has 1 fully saturated rings. The first-order valence-electron chi connectivity index (χ1n) is 6.82. The summed E-state index contributed by atoms with van der Waals surface area (Å²) >= 11 is 0. The molecule has 1 atom stereocenters. The van der Waals surface area contributed by atoms with Crippen molar-refractivity contribution in [2.75, 3.05) is 26.7 Å². The number of nitrogens with zero attached hydrogens (tertiary/aromatic N) is 3. The van der Waals surface area contributed by atoms with Crippen molar-refractivity contribution in [3.05, 3.63) is 11.7 Å². The summed E-state index contributed by atoms with van der Waals surface area (Å²) in [6.07, 6.45) is -0.0960. The van der Waals surface area contributed by atoms with Crippen molar-refractivity contribution in [3.8, 4) is 0 Å². The summed E-state index contributed by atoms with van der Waals surface area (Å²) in [7, 11) is 1.88. The third-order valence-corrected chi connectivity index (χ3v) is 3.72. The summed E-state index contributed by atoms with van der Waals surface area (Å²) in [5.41, 5.74) is -0.322. The second-order valence-electron chi connectivity index (χ2n) is 5.78. The van der Waals surface area contributed by atoms with E-state index in [9.17, 15) is 0 Å². The second kappa shape index (κ2) is 5.56. The fourth-order valence-electron chi connectivity index (χ4n) is 2.02. The van der Waals surface area contributed by atoms with Gasteiger partial charge in [-0.1, -0.05) is 5.16 Å². The molecule has 1 aliphatic heterocycles. The molecular weight excluding hydrogens is 244 g/mol. The first kappa shape index (κ1) is 14.4. The quantitative estimate of drug-likeness (QED) is 0.888. The van der Waals surface area contributed by atoms with Gasteiger partial charge in [0.05, 0.1) is 12.1 Å². The number of ether oxygens (including phenoxy) is 1. The topological polar surface area (TPSA) is 63.4 Å². The van der Waals surface area contributed by atoms with Crippen molar-refractivity contribution >= 4 is 0 Å².